The molecule has 1 amide bonds. The Morgan fingerprint density at radius 3 is 2.75 bits per heavy atom. The number of hydrogen-bond donors (Lipinski definition) is 0. The van der Waals surface area contributed by atoms with Crippen LogP contribution >= 0.6 is 22.0 Å². The first-order chi connectivity index (χ1) is 9.43. The lowest BCUT2D eigenvalue weighted by atomic mass is 10.0. The summed E-state index contributed by atoms with van der Waals surface area (Å²) in [6.07, 6.45) is 4.43. The van der Waals surface area contributed by atoms with Gasteiger partial charge in [0, 0.05) is 28.5 Å². The van der Waals surface area contributed by atoms with Crippen LogP contribution in [0.3, 0.4) is 0 Å². The van der Waals surface area contributed by atoms with Crippen LogP contribution < -0.4 is 0 Å². The number of carbonyl (C=O) groups is 1. The minimum Gasteiger partial charge on any atom is -0.335 e. The molecule has 1 atom stereocenters. The number of hydrogen-bond acceptors (Lipinski definition) is 5. The van der Waals surface area contributed by atoms with Crippen LogP contribution in [0, 0.1) is 0 Å². The standard InChI is InChI=1S/C12H15ClN2O3S2/c13-20(17,18)8-5-12(16)15(6-8)7-11-14-9-3-1-2-4-10(9)19-11/h8H,1-7H2. The topological polar surface area (TPSA) is 67.3 Å². The van der Waals surface area contributed by atoms with Crippen LogP contribution in [0.25, 0.3) is 0 Å². The van der Waals surface area contributed by atoms with E-state index in [2.05, 4.69) is 4.98 Å². The maximum Gasteiger partial charge on any atom is 0.237 e. The summed E-state index contributed by atoms with van der Waals surface area (Å²) in [4.78, 5) is 19.3. The maximum absolute atomic E-state index is 11.9. The average molecular weight is 335 g/mol. The van der Waals surface area contributed by atoms with Crippen LogP contribution in [-0.4, -0.2) is 36.0 Å². The Hall–Kier alpha value is -0.660. The highest BCUT2D eigenvalue weighted by Crippen LogP contribution is 2.29. The van der Waals surface area contributed by atoms with Crippen LogP contribution in [0.15, 0.2) is 0 Å². The summed E-state index contributed by atoms with van der Waals surface area (Å²) < 4.78 is 22.6. The van der Waals surface area contributed by atoms with Gasteiger partial charge in [-0.05, 0) is 25.7 Å². The first kappa shape index (κ1) is 14.3. The van der Waals surface area contributed by atoms with Crippen LogP contribution in [0.4, 0.5) is 0 Å². The van der Waals surface area contributed by atoms with Gasteiger partial charge in [-0.25, -0.2) is 13.4 Å². The SMILES string of the molecule is O=C1CC(S(=O)(=O)Cl)CN1Cc1nc2c(s1)CCCC2. The Kier molecular flexibility index (Phi) is 3.77. The molecule has 110 valence electrons. The predicted molar refractivity (Wildman–Crippen MR) is 77.4 cm³/mol. The fraction of sp³-hybridized carbons (Fsp3) is 0.667. The number of thiazole rings is 1. The van der Waals surface area contributed by atoms with Gasteiger partial charge in [0.15, 0.2) is 0 Å². The Balaban J connectivity index is 1.72. The van der Waals surface area contributed by atoms with Gasteiger partial charge in [0.05, 0.1) is 12.2 Å². The second-order valence-corrected chi connectivity index (χ2v) is 9.34. The van der Waals surface area contributed by atoms with E-state index in [1.54, 1.807) is 16.2 Å². The number of nitrogens with zero attached hydrogens (tertiary/aromatic N) is 2. The van der Waals surface area contributed by atoms with Crippen molar-refractivity contribution in [2.45, 2.75) is 43.9 Å². The number of rotatable bonds is 3. The summed E-state index contributed by atoms with van der Waals surface area (Å²) in [5.74, 6) is -0.160. The molecule has 2 heterocycles. The van der Waals surface area contributed by atoms with E-state index in [9.17, 15) is 13.2 Å². The third kappa shape index (κ3) is 2.84. The quantitative estimate of drug-likeness (QED) is 0.789. The second kappa shape index (κ2) is 5.27. The highest BCUT2D eigenvalue weighted by molar-refractivity contribution is 8.14. The number of fused-ring (bicyclic) bond motifs is 1. The molecule has 0 spiro atoms. The summed E-state index contributed by atoms with van der Waals surface area (Å²) in [5, 5.41) is 0.115. The molecule has 20 heavy (non-hydrogen) atoms. The zero-order valence-corrected chi connectivity index (χ0v) is 13.2. The molecule has 1 aliphatic carbocycles. The summed E-state index contributed by atoms with van der Waals surface area (Å²) in [5.41, 5.74) is 1.16. The Labute approximate surface area is 126 Å². The molecule has 0 radical (unpaired) electrons. The lowest BCUT2D eigenvalue weighted by Gasteiger charge is -2.13. The third-order valence-electron chi connectivity index (χ3n) is 3.79. The molecular formula is C12H15ClN2O3S2. The summed E-state index contributed by atoms with van der Waals surface area (Å²) in [6.45, 7) is 0.578. The highest BCUT2D eigenvalue weighted by Gasteiger charge is 2.37. The van der Waals surface area contributed by atoms with E-state index < -0.39 is 14.3 Å². The van der Waals surface area contributed by atoms with E-state index in [-0.39, 0.29) is 18.9 Å². The minimum absolute atomic E-state index is 0.0169. The number of aromatic nitrogens is 1. The Morgan fingerprint density at radius 2 is 2.10 bits per heavy atom. The number of likely N-dealkylation sites (tertiary alicyclic amines) is 1. The average Bonchev–Trinajstić information content (AvgIpc) is 2.93. The van der Waals surface area contributed by atoms with Crippen molar-refractivity contribution in [3.05, 3.63) is 15.6 Å². The monoisotopic (exact) mass is 334 g/mol. The van der Waals surface area contributed by atoms with Crippen molar-refractivity contribution in [2.75, 3.05) is 6.54 Å². The molecule has 1 unspecified atom stereocenters. The third-order valence-corrected chi connectivity index (χ3v) is 6.80. The van der Waals surface area contributed by atoms with Crippen LogP contribution in [0.5, 0.6) is 0 Å². The van der Waals surface area contributed by atoms with Crippen molar-refractivity contribution < 1.29 is 13.2 Å². The van der Waals surface area contributed by atoms with Gasteiger partial charge >= 0.3 is 0 Å². The van der Waals surface area contributed by atoms with Crippen molar-refractivity contribution in [2.24, 2.45) is 0 Å². The van der Waals surface area contributed by atoms with E-state index in [1.165, 1.54) is 17.7 Å². The smallest absolute Gasteiger partial charge is 0.237 e. The molecule has 8 heteroatoms. The van der Waals surface area contributed by atoms with Crippen molar-refractivity contribution in [3.8, 4) is 0 Å². The zero-order chi connectivity index (χ0) is 14.3. The molecule has 1 aliphatic heterocycles. The van der Waals surface area contributed by atoms with Gasteiger partial charge in [-0.3, -0.25) is 4.79 Å². The first-order valence-electron chi connectivity index (χ1n) is 6.62. The van der Waals surface area contributed by atoms with Gasteiger partial charge < -0.3 is 4.90 Å². The molecule has 0 bridgehead atoms. The molecule has 3 rings (SSSR count). The number of amides is 1. The van der Waals surface area contributed by atoms with Crippen molar-refractivity contribution in [1.82, 2.24) is 9.88 Å². The van der Waals surface area contributed by atoms with Crippen LogP contribution in [0.1, 0.15) is 34.8 Å². The van der Waals surface area contributed by atoms with E-state index in [0.29, 0.717) is 6.54 Å². The molecule has 5 nitrogen and oxygen atoms in total. The molecule has 0 saturated carbocycles. The number of carbonyl (C=O) groups excluding carboxylic acids is 1. The molecule has 0 N–H and O–H groups in total. The van der Waals surface area contributed by atoms with E-state index in [0.717, 1.165) is 23.5 Å². The molecule has 1 aromatic rings. The predicted octanol–water partition coefficient (Wildman–Crippen LogP) is 1.69. The van der Waals surface area contributed by atoms with Crippen molar-refractivity contribution in [1.29, 1.82) is 0 Å². The lowest BCUT2D eigenvalue weighted by Crippen LogP contribution is -2.26. The van der Waals surface area contributed by atoms with Crippen molar-refractivity contribution in [3.63, 3.8) is 0 Å². The first-order valence-corrected chi connectivity index (χ1v) is 9.81. The van der Waals surface area contributed by atoms with E-state index in [1.807, 2.05) is 0 Å². The Bertz CT molecular complexity index is 618. The zero-order valence-electron chi connectivity index (χ0n) is 10.8. The fourth-order valence-electron chi connectivity index (χ4n) is 2.71. The largest absolute Gasteiger partial charge is 0.335 e. The van der Waals surface area contributed by atoms with Gasteiger partial charge in [0.1, 0.15) is 10.3 Å². The summed E-state index contributed by atoms with van der Waals surface area (Å²) in [7, 11) is 1.67. The van der Waals surface area contributed by atoms with Gasteiger partial charge in [0.2, 0.25) is 15.0 Å². The van der Waals surface area contributed by atoms with Gasteiger partial charge in [-0.15, -0.1) is 11.3 Å². The van der Waals surface area contributed by atoms with E-state index in [4.69, 9.17) is 10.7 Å². The molecule has 2 aliphatic rings. The Morgan fingerprint density at radius 1 is 1.35 bits per heavy atom. The maximum atomic E-state index is 11.9. The number of aryl methyl sites for hydroxylation is 2. The second-order valence-electron chi connectivity index (χ2n) is 5.26. The molecular weight excluding hydrogens is 320 g/mol. The normalized spacial score (nSPS) is 23.1. The summed E-state index contributed by atoms with van der Waals surface area (Å²) >= 11 is 1.65. The minimum atomic E-state index is -3.67. The molecule has 0 aromatic carbocycles. The molecule has 1 fully saturated rings. The van der Waals surface area contributed by atoms with Gasteiger partial charge in [-0.2, -0.15) is 0 Å². The van der Waals surface area contributed by atoms with Gasteiger partial charge in [-0.1, -0.05) is 0 Å². The molecule has 1 saturated heterocycles. The molecule has 1 aromatic heterocycles. The lowest BCUT2D eigenvalue weighted by molar-refractivity contribution is -0.128. The van der Waals surface area contributed by atoms with Crippen LogP contribution in [-0.2, 0) is 33.2 Å². The number of halogens is 1. The van der Waals surface area contributed by atoms with E-state index >= 15 is 0 Å². The fourth-order valence-corrected chi connectivity index (χ4v) is 4.94. The van der Waals surface area contributed by atoms with Crippen LogP contribution in [0.2, 0.25) is 0 Å². The van der Waals surface area contributed by atoms with Gasteiger partial charge in [0.25, 0.3) is 0 Å². The highest BCUT2D eigenvalue weighted by atomic mass is 35.7. The summed E-state index contributed by atoms with van der Waals surface area (Å²) in [6, 6.07) is 0. The van der Waals surface area contributed by atoms with Crippen molar-refractivity contribution >= 4 is 37.0 Å².